The Labute approximate surface area is 112 Å². The number of ether oxygens (including phenoxy) is 1. The van der Waals surface area contributed by atoms with Crippen LogP contribution in [0.5, 0.6) is 0 Å². The average molecular weight is 256 g/mol. The van der Waals surface area contributed by atoms with Crippen molar-refractivity contribution < 1.29 is 14.3 Å². The second-order valence-electron chi connectivity index (χ2n) is 4.74. The van der Waals surface area contributed by atoms with Crippen LogP contribution in [0.4, 0.5) is 0 Å². The highest BCUT2D eigenvalue weighted by atomic mass is 16.5. The quantitative estimate of drug-likeness (QED) is 0.624. The summed E-state index contributed by atoms with van der Waals surface area (Å²) in [6.07, 6.45) is -0.191. The fourth-order valence-corrected chi connectivity index (χ4v) is 1.89. The third-order valence-electron chi connectivity index (χ3n) is 2.75. The van der Waals surface area contributed by atoms with Gasteiger partial charge in [-0.05, 0) is 30.2 Å². The molecule has 0 fully saturated rings. The van der Waals surface area contributed by atoms with Gasteiger partial charge in [0, 0.05) is 6.42 Å². The number of esters is 1. The van der Waals surface area contributed by atoms with Crippen LogP contribution in [0, 0.1) is 0 Å². The van der Waals surface area contributed by atoms with Crippen LogP contribution in [-0.2, 0) is 20.7 Å². The molecule has 3 nitrogen and oxygen atoms in total. The molecule has 98 valence electrons. The van der Waals surface area contributed by atoms with Gasteiger partial charge in [-0.15, -0.1) is 0 Å². The van der Waals surface area contributed by atoms with Crippen LogP contribution >= 0.6 is 0 Å². The average Bonchev–Trinajstić information content (AvgIpc) is 2.37. The minimum atomic E-state index is -0.761. The first kappa shape index (κ1) is 13.3. The normalized spacial score (nSPS) is 10.7. The van der Waals surface area contributed by atoms with Crippen LogP contribution in [0.2, 0.25) is 0 Å². The lowest BCUT2D eigenvalue weighted by Crippen LogP contribution is -2.22. The second-order valence-corrected chi connectivity index (χ2v) is 4.74. The third-order valence-corrected chi connectivity index (χ3v) is 2.75. The summed E-state index contributed by atoms with van der Waals surface area (Å²) < 4.78 is 4.88. The number of hydrogen-bond acceptors (Lipinski definition) is 3. The van der Waals surface area contributed by atoms with Crippen molar-refractivity contribution in [2.75, 3.05) is 0 Å². The maximum atomic E-state index is 11.7. The van der Waals surface area contributed by atoms with Crippen LogP contribution in [0.3, 0.4) is 0 Å². The van der Waals surface area contributed by atoms with Crippen molar-refractivity contribution in [1.82, 2.24) is 0 Å². The summed E-state index contributed by atoms with van der Waals surface area (Å²) in [6, 6.07) is 13.6. The highest BCUT2D eigenvalue weighted by Crippen LogP contribution is 2.16. The molecule has 2 rings (SSSR count). The van der Waals surface area contributed by atoms with Gasteiger partial charge in [-0.1, -0.05) is 42.5 Å². The molecule has 0 aliphatic rings. The molecule has 2 aromatic rings. The van der Waals surface area contributed by atoms with E-state index >= 15 is 0 Å². The number of fused-ring (bicyclic) bond motifs is 1. The molecule has 0 amide bonds. The molecule has 0 aliphatic heterocycles. The topological polar surface area (TPSA) is 43.4 Å². The zero-order chi connectivity index (χ0) is 13.8. The Hall–Kier alpha value is -2.16. The van der Waals surface area contributed by atoms with E-state index in [4.69, 9.17) is 4.74 Å². The van der Waals surface area contributed by atoms with Gasteiger partial charge in [0.25, 0.3) is 0 Å². The van der Waals surface area contributed by atoms with Gasteiger partial charge in [0.15, 0.2) is 0 Å². The Morgan fingerprint density at radius 1 is 1.05 bits per heavy atom. The lowest BCUT2D eigenvalue weighted by molar-refractivity contribution is -0.156. The molecule has 0 radical (unpaired) electrons. The molecule has 0 saturated carbocycles. The molecule has 0 atom stereocenters. The predicted molar refractivity (Wildman–Crippen MR) is 73.9 cm³/mol. The van der Waals surface area contributed by atoms with Gasteiger partial charge in [-0.25, -0.2) is 4.79 Å². The molecular weight excluding hydrogens is 240 g/mol. The molecular formula is C16H16O3. The van der Waals surface area contributed by atoms with E-state index in [-0.39, 0.29) is 12.5 Å². The van der Waals surface area contributed by atoms with Crippen molar-refractivity contribution in [3.8, 4) is 0 Å². The lowest BCUT2D eigenvalue weighted by atomic mass is 10.0. The Balaban J connectivity index is 2.13. The molecule has 0 N–H and O–H groups in total. The number of rotatable bonds is 4. The largest absolute Gasteiger partial charge is 0.457 e. The Kier molecular flexibility index (Phi) is 3.95. The number of carbonyl (C=O) groups is 2. The van der Waals surface area contributed by atoms with E-state index in [1.807, 2.05) is 42.5 Å². The Morgan fingerprint density at radius 3 is 2.42 bits per heavy atom. The van der Waals surface area contributed by atoms with Gasteiger partial charge in [-0.3, -0.25) is 4.79 Å². The second kappa shape index (κ2) is 5.65. The smallest absolute Gasteiger partial charge is 0.375 e. The van der Waals surface area contributed by atoms with E-state index in [9.17, 15) is 9.59 Å². The molecule has 3 heteroatoms. The predicted octanol–water partition coefficient (Wildman–Crippen LogP) is 2.90. The zero-order valence-corrected chi connectivity index (χ0v) is 11.1. The highest BCUT2D eigenvalue weighted by molar-refractivity contribution is 6.34. The van der Waals surface area contributed by atoms with E-state index in [0.717, 1.165) is 16.3 Å². The minimum absolute atomic E-state index is 0.0797. The van der Waals surface area contributed by atoms with Crippen LogP contribution in [0.15, 0.2) is 42.5 Å². The van der Waals surface area contributed by atoms with Gasteiger partial charge in [0.2, 0.25) is 5.78 Å². The molecule has 0 heterocycles. The molecule has 0 spiro atoms. The molecule has 0 aromatic heterocycles. The van der Waals surface area contributed by atoms with Crippen LogP contribution in [0.25, 0.3) is 10.8 Å². The molecule has 0 saturated heterocycles. The summed E-state index contributed by atoms with van der Waals surface area (Å²) in [5, 5.41) is 2.17. The van der Waals surface area contributed by atoms with E-state index in [2.05, 4.69) is 0 Å². The molecule has 2 aromatic carbocycles. The van der Waals surface area contributed by atoms with Gasteiger partial charge in [0.1, 0.15) is 0 Å². The maximum Gasteiger partial charge on any atom is 0.375 e. The molecule has 19 heavy (non-hydrogen) atoms. The summed E-state index contributed by atoms with van der Waals surface area (Å²) in [7, 11) is 0. The Morgan fingerprint density at radius 2 is 1.74 bits per heavy atom. The summed E-state index contributed by atoms with van der Waals surface area (Å²) in [5.74, 6) is -1.27. The van der Waals surface area contributed by atoms with Crippen molar-refractivity contribution in [2.24, 2.45) is 0 Å². The van der Waals surface area contributed by atoms with Gasteiger partial charge >= 0.3 is 5.97 Å². The summed E-state index contributed by atoms with van der Waals surface area (Å²) in [4.78, 5) is 23.2. The zero-order valence-electron chi connectivity index (χ0n) is 11.1. The molecule has 0 unspecified atom stereocenters. The van der Waals surface area contributed by atoms with Crippen LogP contribution < -0.4 is 0 Å². The number of ketones is 1. The fraction of sp³-hybridized carbons (Fsp3) is 0.250. The van der Waals surface area contributed by atoms with E-state index in [1.54, 1.807) is 13.8 Å². The summed E-state index contributed by atoms with van der Waals surface area (Å²) in [5.41, 5.74) is 0.824. The van der Waals surface area contributed by atoms with Gasteiger partial charge < -0.3 is 4.74 Å². The van der Waals surface area contributed by atoms with E-state index in [0.29, 0.717) is 0 Å². The van der Waals surface area contributed by atoms with Gasteiger partial charge in [0.05, 0.1) is 6.10 Å². The summed E-state index contributed by atoms with van der Waals surface area (Å²) in [6.45, 7) is 3.45. The number of carbonyl (C=O) groups excluding carboxylic acids is 2. The first-order valence-corrected chi connectivity index (χ1v) is 6.28. The van der Waals surface area contributed by atoms with Crippen molar-refractivity contribution in [1.29, 1.82) is 0 Å². The fourth-order valence-electron chi connectivity index (χ4n) is 1.89. The van der Waals surface area contributed by atoms with Crippen molar-refractivity contribution in [3.63, 3.8) is 0 Å². The molecule has 0 aliphatic carbocycles. The van der Waals surface area contributed by atoms with Crippen molar-refractivity contribution in [3.05, 3.63) is 48.0 Å². The summed E-state index contributed by atoms with van der Waals surface area (Å²) >= 11 is 0. The SMILES string of the molecule is CC(C)OC(=O)C(=O)Cc1ccc2ccccc2c1. The molecule has 0 bridgehead atoms. The third kappa shape index (κ3) is 3.41. The monoisotopic (exact) mass is 256 g/mol. The number of hydrogen-bond donors (Lipinski definition) is 0. The van der Waals surface area contributed by atoms with E-state index < -0.39 is 11.8 Å². The first-order valence-electron chi connectivity index (χ1n) is 6.28. The van der Waals surface area contributed by atoms with Crippen LogP contribution in [-0.4, -0.2) is 17.9 Å². The number of Topliss-reactive ketones (excluding diaryl/α,β-unsaturated/α-hetero) is 1. The van der Waals surface area contributed by atoms with Gasteiger partial charge in [-0.2, -0.15) is 0 Å². The van der Waals surface area contributed by atoms with Crippen molar-refractivity contribution in [2.45, 2.75) is 26.4 Å². The standard InChI is InChI=1S/C16H16O3/c1-11(2)19-16(18)15(17)10-12-7-8-13-5-3-4-6-14(13)9-12/h3-9,11H,10H2,1-2H3. The Bertz CT molecular complexity index is 614. The van der Waals surface area contributed by atoms with E-state index in [1.165, 1.54) is 0 Å². The maximum absolute atomic E-state index is 11.7. The minimum Gasteiger partial charge on any atom is -0.457 e. The van der Waals surface area contributed by atoms with Crippen LogP contribution in [0.1, 0.15) is 19.4 Å². The first-order chi connectivity index (χ1) is 9.06. The highest BCUT2D eigenvalue weighted by Gasteiger charge is 2.17. The lowest BCUT2D eigenvalue weighted by Gasteiger charge is -2.07. The number of benzene rings is 2. The van der Waals surface area contributed by atoms with Crippen molar-refractivity contribution >= 4 is 22.5 Å².